The molecule has 1 saturated heterocycles. The van der Waals surface area contributed by atoms with Crippen molar-refractivity contribution in [3.8, 4) is 5.75 Å². The summed E-state index contributed by atoms with van der Waals surface area (Å²) in [5, 5.41) is 8.47. The molecule has 6 nitrogen and oxygen atoms in total. The Balaban J connectivity index is 1.59. The number of morpholine rings is 1. The lowest BCUT2D eigenvalue weighted by Gasteiger charge is -2.35. The molecule has 24 heavy (non-hydrogen) atoms. The molecule has 0 amide bonds. The number of hydrogen-bond donors (Lipinski definition) is 2. The average molecular weight is 326 g/mol. The first-order valence-corrected chi connectivity index (χ1v) is 8.22. The number of fused-ring (bicyclic) bond motifs is 1. The van der Waals surface area contributed by atoms with Crippen molar-refractivity contribution in [1.29, 1.82) is 0 Å². The summed E-state index contributed by atoms with van der Waals surface area (Å²) < 4.78 is 11.0. The average Bonchev–Trinajstić information content (AvgIpc) is 3.20. The molecule has 1 aromatic carbocycles. The van der Waals surface area contributed by atoms with Gasteiger partial charge in [0.25, 0.3) is 0 Å². The number of aryl methyl sites for hydroxylation is 1. The first-order valence-electron chi connectivity index (χ1n) is 8.22. The zero-order chi connectivity index (χ0) is 16.5. The van der Waals surface area contributed by atoms with Gasteiger partial charge in [-0.15, -0.1) is 0 Å². The lowest BCUT2D eigenvalue weighted by Crippen LogP contribution is -2.39. The van der Waals surface area contributed by atoms with Crippen molar-refractivity contribution >= 4 is 10.9 Å². The minimum absolute atomic E-state index is 0.210. The predicted molar refractivity (Wildman–Crippen MR) is 92.1 cm³/mol. The zero-order valence-electron chi connectivity index (χ0n) is 14.0. The van der Waals surface area contributed by atoms with Gasteiger partial charge in [-0.3, -0.25) is 10.00 Å². The van der Waals surface area contributed by atoms with Crippen LogP contribution in [-0.2, 0) is 11.3 Å². The van der Waals surface area contributed by atoms with Gasteiger partial charge < -0.3 is 14.5 Å². The van der Waals surface area contributed by atoms with Gasteiger partial charge >= 0.3 is 0 Å². The van der Waals surface area contributed by atoms with E-state index in [-0.39, 0.29) is 6.04 Å². The summed E-state index contributed by atoms with van der Waals surface area (Å²) in [5.74, 6) is 0.880. The third kappa shape index (κ3) is 2.79. The lowest BCUT2D eigenvalue weighted by molar-refractivity contribution is -0.0149. The van der Waals surface area contributed by atoms with Gasteiger partial charge in [-0.25, -0.2) is 0 Å². The second kappa shape index (κ2) is 6.30. The SMILES string of the molecule is COc1ccc2[nH]c(CN3CCOCC3c3[nH]ncc3C)cc2c1. The molecule has 0 aliphatic carbocycles. The van der Waals surface area contributed by atoms with E-state index in [1.54, 1.807) is 7.11 Å². The smallest absolute Gasteiger partial charge is 0.119 e. The van der Waals surface area contributed by atoms with Crippen molar-refractivity contribution in [2.45, 2.75) is 19.5 Å². The van der Waals surface area contributed by atoms with E-state index in [9.17, 15) is 0 Å². The van der Waals surface area contributed by atoms with Gasteiger partial charge in [-0.05, 0) is 36.8 Å². The summed E-state index contributed by atoms with van der Waals surface area (Å²) in [6, 6.07) is 8.51. The van der Waals surface area contributed by atoms with E-state index < -0.39 is 0 Å². The van der Waals surface area contributed by atoms with E-state index in [1.165, 1.54) is 16.6 Å². The Labute approximate surface area is 140 Å². The van der Waals surface area contributed by atoms with Gasteiger partial charge in [-0.1, -0.05) is 0 Å². The molecule has 1 fully saturated rings. The highest BCUT2D eigenvalue weighted by Crippen LogP contribution is 2.28. The Morgan fingerprint density at radius 1 is 1.38 bits per heavy atom. The predicted octanol–water partition coefficient (Wildman–Crippen LogP) is 2.78. The largest absolute Gasteiger partial charge is 0.497 e. The molecule has 2 N–H and O–H groups in total. The third-order valence-corrected chi connectivity index (χ3v) is 4.70. The third-order valence-electron chi connectivity index (χ3n) is 4.70. The number of aromatic nitrogens is 3. The highest BCUT2D eigenvalue weighted by Gasteiger charge is 2.27. The maximum Gasteiger partial charge on any atom is 0.119 e. The van der Waals surface area contributed by atoms with Gasteiger partial charge in [0.2, 0.25) is 0 Å². The molecule has 0 bridgehead atoms. The van der Waals surface area contributed by atoms with Crippen LogP contribution >= 0.6 is 0 Å². The van der Waals surface area contributed by atoms with Gasteiger partial charge in [0.05, 0.1) is 38.3 Å². The number of nitrogens with one attached hydrogen (secondary N) is 2. The van der Waals surface area contributed by atoms with Gasteiger partial charge in [0.15, 0.2) is 0 Å². The lowest BCUT2D eigenvalue weighted by atomic mass is 10.1. The van der Waals surface area contributed by atoms with Crippen molar-refractivity contribution in [3.63, 3.8) is 0 Å². The van der Waals surface area contributed by atoms with E-state index in [4.69, 9.17) is 9.47 Å². The van der Waals surface area contributed by atoms with E-state index in [0.29, 0.717) is 6.61 Å². The van der Waals surface area contributed by atoms with Crippen LogP contribution in [0, 0.1) is 6.92 Å². The molecule has 0 saturated carbocycles. The number of aromatic amines is 2. The second-order valence-corrected chi connectivity index (χ2v) is 6.28. The number of benzene rings is 1. The van der Waals surface area contributed by atoms with Crippen molar-refractivity contribution in [1.82, 2.24) is 20.1 Å². The quantitative estimate of drug-likeness (QED) is 0.774. The number of H-pyrrole nitrogens is 2. The molecule has 126 valence electrons. The summed E-state index contributed by atoms with van der Waals surface area (Å²) >= 11 is 0. The highest BCUT2D eigenvalue weighted by molar-refractivity contribution is 5.81. The van der Waals surface area contributed by atoms with E-state index in [0.717, 1.165) is 36.7 Å². The minimum Gasteiger partial charge on any atom is -0.497 e. The molecule has 6 heteroatoms. The molecule has 0 radical (unpaired) electrons. The Hall–Kier alpha value is -2.31. The molecule has 1 aliphatic rings. The topological polar surface area (TPSA) is 66.2 Å². The van der Waals surface area contributed by atoms with Crippen molar-refractivity contribution < 1.29 is 9.47 Å². The maximum atomic E-state index is 5.70. The number of methoxy groups -OCH3 is 1. The molecular weight excluding hydrogens is 304 g/mol. The number of rotatable bonds is 4. The maximum absolute atomic E-state index is 5.70. The molecule has 1 atom stereocenters. The molecule has 0 spiro atoms. The van der Waals surface area contributed by atoms with E-state index >= 15 is 0 Å². The number of nitrogens with zero attached hydrogens (tertiary/aromatic N) is 2. The molecule has 3 aromatic rings. The van der Waals surface area contributed by atoms with Crippen LogP contribution in [0.1, 0.15) is 23.0 Å². The van der Waals surface area contributed by atoms with Crippen LogP contribution < -0.4 is 4.74 Å². The Morgan fingerprint density at radius 3 is 3.08 bits per heavy atom. The molecule has 2 aromatic heterocycles. The van der Waals surface area contributed by atoms with Crippen LogP contribution in [0.4, 0.5) is 0 Å². The fraction of sp³-hybridized carbons (Fsp3) is 0.389. The van der Waals surface area contributed by atoms with Crippen LogP contribution in [0.2, 0.25) is 0 Å². The first kappa shape index (κ1) is 15.2. The number of ether oxygens (including phenoxy) is 2. The van der Waals surface area contributed by atoms with E-state index in [2.05, 4.69) is 45.2 Å². The molecule has 1 aliphatic heterocycles. The fourth-order valence-electron chi connectivity index (χ4n) is 3.39. The molecule has 1 unspecified atom stereocenters. The van der Waals surface area contributed by atoms with Crippen LogP contribution in [0.25, 0.3) is 10.9 Å². The Bertz CT molecular complexity index is 839. The fourth-order valence-corrected chi connectivity index (χ4v) is 3.39. The zero-order valence-corrected chi connectivity index (χ0v) is 14.0. The first-order chi connectivity index (χ1) is 11.7. The number of hydrogen-bond acceptors (Lipinski definition) is 4. The standard InChI is InChI=1S/C18H22N4O2/c1-12-9-19-21-18(12)17-11-24-6-5-22(17)10-14-7-13-8-15(23-2)3-4-16(13)20-14/h3-4,7-9,17,20H,5-6,10-11H2,1-2H3,(H,19,21). The molecule has 4 rings (SSSR count). The summed E-state index contributed by atoms with van der Waals surface area (Å²) in [5.41, 5.74) is 4.65. The van der Waals surface area contributed by atoms with Crippen molar-refractivity contribution in [3.05, 3.63) is 47.4 Å². The summed E-state index contributed by atoms with van der Waals surface area (Å²) in [4.78, 5) is 5.95. The highest BCUT2D eigenvalue weighted by atomic mass is 16.5. The van der Waals surface area contributed by atoms with E-state index in [1.807, 2.05) is 12.3 Å². The normalized spacial score (nSPS) is 19.0. The molecule has 3 heterocycles. The van der Waals surface area contributed by atoms with Crippen molar-refractivity contribution in [2.24, 2.45) is 0 Å². The minimum atomic E-state index is 0.210. The Kier molecular flexibility index (Phi) is 4.00. The van der Waals surface area contributed by atoms with Crippen LogP contribution in [-0.4, -0.2) is 46.9 Å². The summed E-state index contributed by atoms with van der Waals surface area (Å²) in [6.07, 6.45) is 1.87. The Morgan fingerprint density at radius 2 is 2.29 bits per heavy atom. The van der Waals surface area contributed by atoms with Crippen LogP contribution in [0.15, 0.2) is 30.5 Å². The van der Waals surface area contributed by atoms with Gasteiger partial charge in [0, 0.05) is 29.7 Å². The summed E-state index contributed by atoms with van der Waals surface area (Å²) in [6.45, 7) is 5.29. The van der Waals surface area contributed by atoms with Crippen molar-refractivity contribution in [2.75, 3.05) is 26.9 Å². The van der Waals surface area contributed by atoms with Gasteiger partial charge in [0.1, 0.15) is 5.75 Å². The summed E-state index contributed by atoms with van der Waals surface area (Å²) in [7, 11) is 1.69. The second-order valence-electron chi connectivity index (χ2n) is 6.28. The molecular formula is C18H22N4O2. The van der Waals surface area contributed by atoms with Crippen LogP contribution in [0.3, 0.4) is 0 Å². The monoisotopic (exact) mass is 326 g/mol. The van der Waals surface area contributed by atoms with Crippen LogP contribution in [0.5, 0.6) is 5.75 Å². The van der Waals surface area contributed by atoms with Gasteiger partial charge in [-0.2, -0.15) is 5.10 Å².